The van der Waals surface area contributed by atoms with E-state index in [2.05, 4.69) is 42.9 Å². The molecule has 0 spiro atoms. The number of carbonyl (C=O) groups excluding carboxylic acids is 1. The molecule has 0 radical (unpaired) electrons. The fourth-order valence-corrected chi connectivity index (χ4v) is 3.03. The van der Waals surface area contributed by atoms with Gasteiger partial charge in [0.2, 0.25) is 5.91 Å². The zero-order valence-electron chi connectivity index (χ0n) is 13.0. The molecule has 0 atom stereocenters. The molecule has 0 aliphatic rings. The van der Waals surface area contributed by atoms with Gasteiger partial charge in [0.05, 0.1) is 0 Å². The lowest BCUT2D eigenvalue weighted by Crippen LogP contribution is -2.36. The third-order valence-corrected chi connectivity index (χ3v) is 5.36. The summed E-state index contributed by atoms with van der Waals surface area (Å²) in [5, 5.41) is 6.32. The van der Waals surface area contributed by atoms with E-state index in [9.17, 15) is 4.79 Å². The number of anilines is 1. The largest absolute Gasteiger partial charge is 0.326 e. The molecule has 0 unspecified atom stereocenters. The predicted octanol–water partition coefficient (Wildman–Crippen LogP) is 3.66. The summed E-state index contributed by atoms with van der Waals surface area (Å²) in [5.41, 5.74) is 2.09. The van der Waals surface area contributed by atoms with E-state index >= 15 is 0 Å². The lowest BCUT2D eigenvalue weighted by molar-refractivity contribution is -0.114. The lowest BCUT2D eigenvalue weighted by Gasteiger charge is -2.30. The molecule has 1 aromatic rings. The summed E-state index contributed by atoms with van der Waals surface area (Å²) in [4.78, 5) is 11.0. The van der Waals surface area contributed by atoms with E-state index in [1.807, 2.05) is 23.9 Å². The molecule has 20 heavy (non-hydrogen) atoms. The first kappa shape index (κ1) is 17.1. The van der Waals surface area contributed by atoms with Crippen molar-refractivity contribution in [2.75, 3.05) is 18.1 Å². The molecule has 1 amide bonds. The summed E-state index contributed by atoms with van der Waals surface area (Å²) in [6, 6.07) is 7.99. The van der Waals surface area contributed by atoms with Crippen LogP contribution in [0.25, 0.3) is 0 Å². The minimum atomic E-state index is -0.0356. The standard InChI is InChI=1S/C16H26N2OS/c1-5-16(6-2,20-4)12-17-11-14-7-9-15(10-8-14)18-13(3)19/h7-10,17H,5-6,11-12H2,1-4H3,(H,18,19). The van der Waals surface area contributed by atoms with Crippen LogP contribution in [0.4, 0.5) is 5.69 Å². The Balaban J connectivity index is 2.47. The van der Waals surface area contributed by atoms with Gasteiger partial charge in [0.1, 0.15) is 0 Å². The third kappa shape index (κ3) is 5.17. The van der Waals surface area contributed by atoms with Crippen molar-refractivity contribution >= 4 is 23.4 Å². The van der Waals surface area contributed by atoms with Gasteiger partial charge in [-0.15, -0.1) is 0 Å². The molecule has 1 aromatic carbocycles. The number of nitrogens with one attached hydrogen (secondary N) is 2. The van der Waals surface area contributed by atoms with Crippen LogP contribution in [0.15, 0.2) is 24.3 Å². The van der Waals surface area contributed by atoms with Crippen molar-refractivity contribution in [1.82, 2.24) is 5.32 Å². The van der Waals surface area contributed by atoms with E-state index in [0.29, 0.717) is 4.75 Å². The second-order valence-corrected chi connectivity index (χ2v) is 6.35. The van der Waals surface area contributed by atoms with Crippen LogP contribution in [0.2, 0.25) is 0 Å². The fraction of sp³-hybridized carbons (Fsp3) is 0.562. The second kappa shape index (κ2) is 8.32. The quantitative estimate of drug-likeness (QED) is 0.769. The molecular weight excluding hydrogens is 268 g/mol. The molecule has 0 saturated carbocycles. The highest BCUT2D eigenvalue weighted by atomic mass is 32.2. The number of rotatable bonds is 8. The van der Waals surface area contributed by atoms with Crippen LogP contribution in [0, 0.1) is 0 Å². The molecule has 0 aromatic heterocycles. The van der Waals surface area contributed by atoms with Gasteiger partial charge < -0.3 is 10.6 Å². The van der Waals surface area contributed by atoms with Gasteiger partial charge in [-0.1, -0.05) is 26.0 Å². The molecule has 4 heteroatoms. The maximum Gasteiger partial charge on any atom is 0.221 e. The number of thioether (sulfide) groups is 1. The SMILES string of the molecule is CCC(CC)(CNCc1ccc(NC(C)=O)cc1)SC. The molecule has 2 N–H and O–H groups in total. The highest BCUT2D eigenvalue weighted by Gasteiger charge is 2.23. The smallest absolute Gasteiger partial charge is 0.221 e. The molecule has 112 valence electrons. The molecule has 0 heterocycles. The number of carbonyl (C=O) groups is 1. The van der Waals surface area contributed by atoms with Crippen LogP contribution in [-0.2, 0) is 11.3 Å². The summed E-state index contributed by atoms with van der Waals surface area (Å²) in [6.45, 7) is 7.91. The minimum Gasteiger partial charge on any atom is -0.326 e. The summed E-state index contributed by atoms with van der Waals surface area (Å²) >= 11 is 1.95. The van der Waals surface area contributed by atoms with E-state index in [0.717, 1.165) is 18.8 Å². The van der Waals surface area contributed by atoms with Gasteiger partial charge in [-0.25, -0.2) is 0 Å². The summed E-state index contributed by atoms with van der Waals surface area (Å²) in [5.74, 6) is -0.0356. The maximum atomic E-state index is 11.0. The average Bonchev–Trinajstić information content (AvgIpc) is 2.45. The van der Waals surface area contributed by atoms with E-state index in [4.69, 9.17) is 0 Å². The predicted molar refractivity (Wildman–Crippen MR) is 89.3 cm³/mol. The average molecular weight is 294 g/mol. The van der Waals surface area contributed by atoms with E-state index in [1.54, 1.807) is 0 Å². The van der Waals surface area contributed by atoms with E-state index < -0.39 is 0 Å². The van der Waals surface area contributed by atoms with Gasteiger partial charge in [-0.3, -0.25) is 4.79 Å². The number of hydrogen-bond acceptors (Lipinski definition) is 3. The number of benzene rings is 1. The normalized spacial score (nSPS) is 11.4. The van der Waals surface area contributed by atoms with Crippen molar-refractivity contribution in [1.29, 1.82) is 0 Å². The van der Waals surface area contributed by atoms with Gasteiger partial charge in [0.25, 0.3) is 0 Å². The third-order valence-electron chi connectivity index (χ3n) is 3.77. The van der Waals surface area contributed by atoms with Crippen molar-refractivity contribution in [3.05, 3.63) is 29.8 Å². The Bertz CT molecular complexity index is 405. The topological polar surface area (TPSA) is 41.1 Å². The Morgan fingerprint density at radius 2 is 1.80 bits per heavy atom. The van der Waals surface area contributed by atoms with Gasteiger partial charge in [-0.05, 0) is 36.8 Å². The first-order valence-corrected chi connectivity index (χ1v) is 8.40. The monoisotopic (exact) mass is 294 g/mol. The molecule has 0 fully saturated rings. The molecule has 0 saturated heterocycles. The summed E-state index contributed by atoms with van der Waals surface area (Å²) in [7, 11) is 0. The first-order valence-electron chi connectivity index (χ1n) is 7.17. The van der Waals surface area contributed by atoms with Crippen molar-refractivity contribution < 1.29 is 4.79 Å². The molecule has 3 nitrogen and oxygen atoms in total. The van der Waals surface area contributed by atoms with Crippen LogP contribution in [0.3, 0.4) is 0 Å². The molecule has 0 bridgehead atoms. The highest BCUT2D eigenvalue weighted by Crippen LogP contribution is 2.29. The van der Waals surface area contributed by atoms with E-state index in [-0.39, 0.29) is 5.91 Å². The molecular formula is C16H26N2OS. The Morgan fingerprint density at radius 1 is 1.20 bits per heavy atom. The van der Waals surface area contributed by atoms with Gasteiger partial charge in [0.15, 0.2) is 0 Å². The Labute approximate surface area is 126 Å². The zero-order valence-corrected chi connectivity index (χ0v) is 13.8. The molecule has 0 aliphatic heterocycles. The van der Waals surface area contributed by atoms with Gasteiger partial charge in [0, 0.05) is 30.4 Å². The van der Waals surface area contributed by atoms with Crippen molar-refractivity contribution in [2.24, 2.45) is 0 Å². The van der Waals surface area contributed by atoms with Crippen LogP contribution in [0.1, 0.15) is 39.2 Å². The Morgan fingerprint density at radius 3 is 2.25 bits per heavy atom. The van der Waals surface area contributed by atoms with Crippen molar-refractivity contribution in [3.63, 3.8) is 0 Å². The van der Waals surface area contributed by atoms with Crippen LogP contribution < -0.4 is 10.6 Å². The summed E-state index contributed by atoms with van der Waals surface area (Å²) in [6.07, 6.45) is 4.55. The number of amides is 1. The lowest BCUT2D eigenvalue weighted by atomic mass is 10.0. The second-order valence-electron chi connectivity index (χ2n) is 5.08. The van der Waals surface area contributed by atoms with Crippen LogP contribution in [0.5, 0.6) is 0 Å². The Kier molecular flexibility index (Phi) is 7.10. The minimum absolute atomic E-state index is 0.0356. The highest BCUT2D eigenvalue weighted by molar-refractivity contribution is 8.00. The molecule has 0 aliphatic carbocycles. The van der Waals surface area contributed by atoms with E-state index in [1.165, 1.54) is 25.3 Å². The number of hydrogen-bond donors (Lipinski definition) is 2. The molecule has 1 rings (SSSR count). The van der Waals surface area contributed by atoms with Crippen molar-refractivity contribution in [3.8, 4) is 0 Å². The fourth-order valence-electron chi connectivity index (χ4n) is 2.20. The first-order chi connectivity index (χ1) is 9.55. The van der Waals surface area contributed by atoms with Crippen molar-refractivity contribution in [2.45, 2.75) is 44.9 Å². The Hall–Kier alpha value is -1.00. The zero-order chi connectivity index (χ0) is 15.0. The van der Waals surface area contributed by atoms with Gasteiger partial charge >= 0.3 is 0 Å². The maximum absolute atomic E-state index is 11.0. The summed E-state index contributed by atoms with van der Waals surface area (Å²) < 4.78 is 0.343. The van der Waals surface area contributed by atoms with Crippen LogP contribution >= 0.6 is 11.8 Å². The van der Waals surface area contributed by atoms with Gasteiger partial charge in [-0.2, -0.15) is 11.8 Å². The van der Waals surface area contributed by atoms with Crippen LogP contribution in [-0.4, -0.2) is 23.5 Å².